The van der Waals surface area contributed by atoms with Crippen molar-refractivity contribution in [2.24, 2.45) is 0 Å². The molecule has 2 aliphatic carbocycles. The standard InChI is InChI=1S/C22H18O.C9H8N2/c1-2-5-18-15(4-1)9-12-20-19(18)11-10-16-7-8-17(14-21(16)20)22-6-3-13-23-22;1-7-3-2-4-9-8(7)5-6-10-11-9/h2-3,5-8,10-11,13-14H,1,4,9,12H2;2-6H,1H3. The molecule has 0 unspecified atom stereocenters. The third kappa shape index (κ3) is 3.73. The van der Waals surface area contributed by atoms with Gasteiger partial charge in [0.05, 0.1) is 18.0 Å². The molecule has 7 rings (SSSR count). The number of hydrogen-bond acceptors (Lipinski definition) is 3. The van der Waals surface area contributed by atoms with E-state index in [1.165, 1.54) is 57.7 Å². The molecule has 0 saturated heterocycles. The van der Waals surface area contributed by atoms with E-state index >= 15 is 0 Å². The molecule has 3 aromatic carbocycles. The number of nitrogens with zero attached hydrogens (tertiary/aromatic N) is 2. The maximum Gasteiger partial charge on any atom is 0.133 e. The van der Waals surface area contributed by atoms with Gasteiger partial charge >= 0.3 is 0 Å². The van der Waals surface area contributed by atoms with Crippen LogP contribution in [0.2, 0.25) is 0 Å². The predicted octanol–water partition coefficient (Wildman–Crippen LogP) is 8.09. The van der Waals surface area contributed by atoms with Crippen LogP contribution >= 0.6 is 0 Å². The maximum atomic E-state index is 5.58. The number of hydrogen-bond donors (Lipinski definition) is 0. The number of allylic oxidation sites excluding steroid dienone is 4. The zero-order valence-electron chi connectivity index (χ0n) is 19.3. The minimum Gasteiger partial charge on any atom is -0.464 e. The van der Waals surface area contributed by atoms with Crippen molar-refractivity contribution in [3.05, 3.63) is 114 Å². The summed E-state index contributed by atoms with van der Waals surface area (Å²) in [5, 5.41) is 11.7. The topological polar surface area (TPSA) is 38.9 Å². The Bertz CT molecular complexity index is 1550. The largest absolute Gasteiger partial charge is 0.464 e. The van der Waals surface area contributed by atoms with Gasteiger partial charge in [-0.25, -0.2) is 0 Å². The molecule has 2 heterocycles. The first-order valence-corrected chi connectivity index (χ1v) is 11.9. The van der Waals surface area contributed by atoms with E-state index in [0.29, 0.717) is 0 Å². The second-order valence-corrected chi connectivity index (χ2v) is 9.00. The highest BCUT2D eigenvalue weighted by Crippen LogP contribution is 2.40. The highest BCUT2D eigenvalue weighted by atomic mass is 16.3. The molecule has 0 bridgehead atoms. The van der Waals surface area contributed by atoms with E-state index in [0.717, 1.165) is 23.3 Å². The van der Waals surface area contributed by atoms with Gasteiger partial charge in [0.15, 0.2) is 0 Å². The quantitative estimate of drug-likeness (QED) is 0.263. The zero-order valence-corrected chi connectivity index (χ0v) is 19.3. The Balaban J connectivity index is 0.000000166. The van der Waals surface area contributed by atoms with Crippen molar-refractivity contribution in [2.45, 2.75) is 32.6 Å². The summed E-state index contributed by atoms with van der Waals surface area (Å²) in [6, 6.07) is 23.2. The Morgan fingerprint density at radius 2 is 1.79 bits per heavy atom. The van der Waals surface area contributed by atoms with Crippen LogP contribution in [0.5, 0.6) is 0 Å². The van der Waals surface area contributed by atoms with E-state index in [2.05, 4.69) is 65.7 Å². The van der Waals surface area contributed by atoms with Gasteiger partial charge in [0, 0.05) is 10.9 Å². The fraction of sp³-hybridized carbons (Fsp3) is 0.161. The van der Waals surface area contributed by atoms with E-state index < -0.39 is 0 Å². The van der Waals surface area contributed by atoms with Crippen LogP contribution in [0.4, 0.5) is 0 Å². The van der Waals surface area contributed by atoms with E-state index in [1.54, 1.807) is 18.0 Å². The Hall–Kier alpha value is -3.98. The lowest BCUT2D eigenvalue weighted by Crippen LogP contribution is -2.07. The third-order valence-electron chi connectivity index (χ3n) is 6.96. The molecule has 0 N–H and O–H groups in total. The van der Waals surface area contributed by atoms with E-state index in [1.807, 2.05) is 30.3 Å². The number of aryl methyl sites for hydroxylation is 2. The molecule has 166 valence electrons. The van der Waals surface area contributed by atoms with Gasteiger partial charge in [-0.15, -0.1) is 0 Å². The Morgan fingerprint density at radius 1 is 0.853 bits per heavy atom. The summed E-state index contributed by atoms with van der Waals surface area (Å²) < 4.78 is 5.58. The molecule has 0 aliphatic heterocycles. The van der Waals surface area contributed by atoms with Crippen molar-refractivity contribution >= 4 is 27.2 Å². The summed E-state index contributed by atoms with van der Waals surface area (Å²) in [6.07, 6.45) is 12.9. The summed E-state index contributed by atoms with van der Waals surface area (Å²) in [4.78, 5) is 0. The molecule has 0 radical (unpaired) electrons. The summed E-state index contributed by atoms with van der Waals surface area (Å²) in [5.74, 6) is 0.942. The van der Waals surface area contributed by atoms with Crippen LogP contribution in [0.25, 0.3) is 38.6 Å². The van der Waals surface area contributed by atoms with E-state index in [4.69, 9.17) is 4.42 Å². The van der Waals surface area contributed by atoms with Crippen LogP contribution in [0, 0.1) is 6.92 Å². The summed E-state index contributed by atoms with van der Waals surface area (Å²) >= 11 is 0. The van der Waals surface area contributed by atoms with E-state index in [-0.39, 0.29) is 0 Å². The van der Waals surface area contributed by atoms with Crippen molar-refractivity contribution in [2.75, 3.05) is 0 Å². The molecule has 0 spiro atoms. The average Bonchev–Trinajstić information content (AvgIpc) is 3.44. The monoisotopic (exact) mass is 442 g/mol. The van der Waals surface area contributed by atoms with Crippen molar-refractivity contribution in [3.8, 4) is 11.3 Å². The first kappa shape index (κ1) is 20.6. The SMILES string of the molecule is C1=CC2=C(CC1)CCc1c2ccc2ccc(-c3ccco3)cc12.Cc1cccc2nnccc12. The lowest BCUT2D eigenvalue weighted by Gasteiger charge is -2.25. The van der Waals surface area contributed by atoms with Crippen LogP contribution in [-0.2, 0) is 6.42 Å². The highest BCUT2D eigenvalue weighted by molar-refractivity contribution is 5.95. The molecule has 0 amide bonds. The van der Waals surface area contributed by atoms with Crippen molar-refractivity contribution in [1.82, 2.24) is 10.2 Å². The third-order valence-corrected chi connectivity index (χ3v) is 6.96. The Morgan fingerprint density at radius 3 is 2.68 bits per heavy atom. The maximum absolute atomic E-state index is 5.58. The second-order valence-electron chi connectivity index (χ2n) is 9.00. The fourth-order valence-corrected chi connectivity index (χ4v) is 5.20. The summed E-state index contributed by atoms with van der Waals surface area (Å²) in [5.41, 5.74) is 9.43. The molecule has 0 fully saturated rings. The molecule has 3 heteroatoms. The highest BCUT2D eigenvalue weighted by Gasteiger charge is 2.20. The first-order chi connectivity index (χ1) is 16.8. The van der Waals surface area contributed by atoms with Crippen LogP contribution in [-0.4, -0.2) is 10.2 Å². The number of aromatic nitrogens is 2. The molecule has 2 aromatic heterocycles. The average molecular weight is 443 g/mol. The summed E-state index contributed by atoms with van der Waals surface area (Å²) in [7, 11) is 0. The van der Waals surface area contributed by atoms with Crippen LogP contribution in [0.15, 0.2) is 101 Å². The second kappa shape index (κ2) is 8.75. The summed E-state index contributed by atoms with van der Waals surface area (Å²) in [6.45, 7) is 2.07. The number of furan rings is 1. The van der Waals surface area contributed by atoms with Crippen molar-refractivity contribution in [3.63, 3.8) is 0 Å². The molecule has 3 nitrogen and oxygen atoms in total. The number of rotatable bonds is 1. The minimum atomic E-state index is 0.942. The Labute approximate surface area is 199 Å². The number of fused-ring (bicyclic) bond motifs is 5. The molecule has 5 aromatic rings. The van der Waals surface area contributed by atoms with Gasteiger partial charge in [-0.3, -0.25) is 0 Å². The molecular weight excluding hydrogens is 416 g/mol. The first-order valence-electron chi connectivity index (χ1n) is 11.9. The van der Waals surface area contributed by atoms with Gasteiger partial charge in [0.2, 0.25) is 0 Å². The van der Waals surface area contributed by atoms with Gasteiger partial charge in [-0.05, 0) is 96.0 Å². The fourth-order valence-electron chi connectivity index (χ4n) is 5.20. The molecule has 0 atom stereocenters. The van der Waals surface area contributed by atoms with Gasteiger partial charge in [-0.2, -0.15) is 10.2 Å². The van der Waals surface area contributed by atoms with Gasteiger partial charge in [-0.1, -0.05) is 54.1 Å². The molecule has 0 saturated carbocycles. The Kier molecular flexibility index (Phi) is 5.31. The van der Waals surface area contributed by atoms with Crippen molar-refractivity contribution < 1.29 is 4.42 Å². The van der Waals surface area contributed by atoms with Crippen LogP contribution in [0.1, 0.15) is 36.0 Å². The smallest absolute Gasteiger partial charge is 0.133 e. The van der Waals surface area contributed by atoms with E-state index in [9.17, 15) is 0 Å². The van der Waals surface area contributed by atoms with Crippen LogP contribution < -0.4 is 0 Å². The van der Waals surface area contributed by atoms with Gasteiger partial charge in [0.25, 0.3) is 0 Å². The lowest BCUT2D eigenvalue weighted by molar-refractivity contribution is 0.582. The molecular formula is C31H26N2O. The molecule has 2 aliphatic rings. The molecule has 34 heavy (non-hydrogen) atoms. The zero-order chi connectivity index (χ0) is 22.9. The van der Waals surface area contributed by atoms with Gasteiger partial charge in [0.1, 0.15) is 5.76 Å². The van der Waals surface area contributed by atoms with Gasteiger partial charge < -0.3 is 4.42 Å². The van der Waals surface area contributed by atoms with Crippen molar-refractivity contribution in [1.29, 1.82) is 0 Å². The predicted molar refractivity (Wildman–Crippen MR) is 140 cm³/mol. The van der Waals surface area contributed by atoms with Crippen LogP contribution in [0.3, 0.4) is 0 Å². The normalized spacial score (nSPS) is 14.5. The minimum absolute atomic E-state index is 0.942. The number of benzene rings is 3. The lowest BCUT2D eigenvalue weighted by atomic mass is 9.79.